The Labute approximate surface area is 114 Å². The van der Waals surface area contributed by atoms with E-state index < -0.39 is 0 Å². The normalized spacial score (nSPS) is 23.9. The molecule has 1 aromatic rings. The summed E-state index contributed by atoms with van der Waals surface area (Å²) >= 11 is 0. The zero-order valence-corrected chi connectivity index (χ0v) is 11.6. The van der Waals surface area contributed by atoms with Crippen LogP contribution in [0.4, 0.5) is 0 Å². The standard InChI is InChI=1S/C15H22N2O2/c1-19-15(18)13-9-5-8-12-10-16-14(17(12)13)11-6-3-2-4-7-11/h10-11,13H,2-9H2,1H3. The van der Waals surface area contributed by atoms with Gasteiger partial charge in [-0.3, -0.25) is 0 Å². The van der Waals surface area contributed by atoms with Gasteiger partial charge < -0.3 is 9.30 Å². The predicted octanol–water partition coefficient (Wildman–Crippen LogP) is 2.98. The maximum absolute atomic E-state index is 12.0. The van der Waals surface area contributed by atoms with Crippen molar-refractivity contribution in [1.82, 2.24) is 9.55 Å². The van der Waals surface area contributed by atoms with Crippen LogP contribution in [0.15, 0.2) is 6.20 Å². The summed E-state index contributed by atoms with van der Waals surface area (Å²) in [4.78, 5) is 16.6. The Hall–Kier alpha value is -1.32. The fourth-order valence-electron chi connectivity index (χ4n) is 3.58. The topological polar surface area (TPSA) is 44.1 Å². The summed E-state index contributed by atoms with van der Waals surface area (Å²) in [6, 6.07) is -0.145. The van der Waals surface area contributed by atoms with E-state index in [0.717, 1.165) is 25.1 Å². The highest BCUT2D eigenvalue weighted by Crippen LogP contribution is 2.36. The van der Waals surface area contributed by atoms with Gasteiger partial charge in [0.05, 0.1) is 7.11 Å². The fourth-order valence-corrected chi connectivity index (χ4v) is 3.58. The van der Waals surface area contributed by atoms with Crippen LogP contribution in [0, 0.1) is 0 Å². The average Bonchev–Trinajstić information content (AvgIpc) is 2.91. The Balaban J connectivity index is 1.94. The number of fused-ring (bicyclic) bond motifs is 1. The lowest BCUT2D eigenvalue weighted by Crippen LogP contribution is -2.28. The molecule has 104 valence electrons. The number of esters is 1. The highest BCUT2D eigenvalue weighted by Gasteiger charge is 2.32. The Bertz CT molecular complexity index is 461. The van der Waals surface area contributed by atoms with Crippen molar-refractivity contribution in [2.45, 2.75) is 63.3 Å². The minimum atomic E-state index is -0.145. The van der Waals surface area contributed by atoms with Crippen LogP contribution in [-0.4, -0.2) is 22.6 Å². The van der Waals surface area contributed by atoms with Crippen molar-refractivity contribution in [2.75, 3.05) is 7.11 Å². The first kappa shape index (κ1) is 12.7. The number of carbonyl (C=O) groups is 1. The largest absolute Gasteiger partial charge is 0.467 e. The van der Waals surface area contributed by atoms with Crippen LogP contribution >= 0.6 is 0 Å². The van der Waals surface area contributed by atoms with Crippen LogP contribution in [0.3, 0.4) is 0 Å². The van der Waals surface area contributed by atoms with E-state index in [1.807, 2.05) is 6.20 Å². The first-order chi connectivity index (χ1) is 9.31. The third kappa shape index (κ3) is 2.28. The average molecular weight is 262 g/mol. The molecule has 1 aliphatic heterocycles. The van der Waals surface area contributed by atoms with Gasteiger partial charge in [-0.2, -0.15) is 0 Å². The summed E-state index contributed by atoms with van der Waals surface area (Å²) in [5.41, 5.74) is 1.21. The van der Waals surface area contributed by atoms with E-state index in [1.54, 1.807) is 0 Å². The molecule has 0 radical (unpaired) electrons. The number of imidazole rings is 1. The fraction of sp³-hybridized carbons (Fsp3) is 0.733. The van der Waals surface area contributed by atoms with Crippen LogP contribution < -0.4 is 0 Å². The molecule has 2 heterocycles. The third-order valence-electron chi connectivity index (χ3n) is 4.57. The number of hydrogen-bond donors (Lipinski definition) is 0. The van der Waals surface area contributed by atoms with Gasteiger partial charge in [0, 0.05) is 17.8 Å². The van der Waals surface area contributed by atoms with E-state index in [0.29, 0.717) is 5.92 Å². The van der Waals surface area contributed by atoms with E-state index >= 15 is 0 Å². The van der Waals surface area contributed by atoms with Gasteiger partial charge in [-0.1, -0.05) is 19.3 Å². The Morgan fingerprint density at radius 3 is 2.79 bits per heavy atom. The molecule has 0 saturated heterocycles. The minimum absolute atomic E-state index is 0.115. The molecule has 1 aliphatic carbocycles. The number of aryl methyl sites for hydroxylation is 1. The van der Waals surface area contributed by atoms with Crippen LogP contribution in [0.1, 0.15) is 68.4 Å². The van der Waals surface area contributed by atoms with E-state index in [1.165, 1.54) is 44.9 Å². The van der Waals surface area contributed by atoms with Gasteiger partial charge in [0.1, 0.15) is 11.9 Å². The molecule has 2 aliphatic rings. The van der Waals surface area contributed by atoms with Gasteiger partial charge in [-0.05, 0) is 32.1 Å². The van der Waals surface area contributed by atoms with Crippen molar-refractivity contribution >= 4 is 5.97 Å². The Kier molecular flexibility index (Phi) is 3.58. The quantitative estimate of drug-likeness (QED) is 0.770. The molecule has 0 N–H and O–H groups in total. The molecule has 4 nitrogen and oxygen atoms in total. The van der Waals surface area contributed by atoms with Crippen molar-refractivity contribution in [3.05, 3.63) is 17.7 Å². The van der Waals surface area contributed by atoms with Gasteiger partial charge in [0.2, 0.25) is 0 Å². The molecule has 1 saturated carbocycles. The van der Waals surface area contributed by atoms with Gasteiger partial charge in [-0.25, -0.2) is 9.78 Å². The van der Waals surface area contributed by atoms with Crippen LogP contribution in [0.25, 0.3) is 0 Å². The van der Waals surface area contributed by atoms with Crippen LogP contribution in [-0.2, 0) is 16.0 Å². The summed E-state index contributed by atoms with van der Waals surface area (Å²) in [7, 11) is 1.48. The number of rotatable bonds is 2. The summed E-state index contributed by atoms with van der Waals surface area (Å²) in [6.45, 7) is 0. The second kappa shape index (κ2) is 5.35. The molecule has 3 rings (SSSR count). The molecular formula is C15H22N2O2. The lowest BCUT2D eigenvalue weighted by molar-refractivity contribution is -0.145. The maximum atomic E-state index is 12.0. The zero-order valence-electron chi connectivity index (χ0n) is 11.6. The summed E-state index contributed by atoms with van der Waals surface area (Å²) in [6.07, 6.45) is 11.3. The SMILES string of the molecule is COC(=O)C1CCCc2cnc(C3CCCCC3)n21. The van der Waals surface area contributed by atoms with E-state index in [2.05, 4.69) is 9.55 Å². The molecule has 1 unspecified atom stereocenters. The first-order valence-corrected chi connectivity index (χ1v) is 7.45. The molecule has 1 atom stereocenters. The van der Waals surface area contributed by atoms with Crippen molar-refractivity contribution in [3.63, 3.8) is 0 Å². The molecule has 0 aromatic carbocycles. The molecule has 4 heteroatoms. The number of aromatic nitrogens is 2. The van der Waals surface area contributed by atoms with E-state index in [9.17, 15) is 4.79 Å². The number of carbonyl (C=O) groups excluding carboxylic acids is 1. The summed E-state index contributed by atoms with van der Waals surface area (Å²) in [5, 5.41) is 0. The molecular weight excluding hydrogens is 240 g/mol. The highest BCUT2D eigenvalue weighted by molar-refractivity contribution is 5.74. The molecule has 1 aromatic heterocycles. The molecule has 19 heavy (non-hydrogen) atoms. The lowest BCUT2D eigenvalue weighted by atomic mass is 9.88. The lowest BCUT2D eigenvalue weighted by Gasteiger charge is -2.29. The summed E-state index contributed by atoms with van der Waals surface area (Å²) < 4.78 is 7.16. The van der Waals surface area contributed by atoms with Crippen molar-refractivity contribution in [3.8, 4) is 0 Å². The van der Waals surface area contributed by atoms with Crippen LogP contribution in [0.5, 0.6) is 0 Å². The van der Waals surface area contributed by atoms with E-state index in [-0.39, 0.29) is 12.0 Å². The third-order valence-corrected chi connectivity index (χ3v) is 4.57. The second-order valence-corrected chi connectivity index (χ2v) is 5.74. The smallest absolute Gasteiger partial charge is 0.328 e. The molecule has 0 bridgehead atoms. The number of hydrogen-bond acceptors (Lipinski definition) is 3. The van der Waals surface area contributed by atoms with E-state index in [4.69, 9.17) is 4.74 Å². The Morgan fingerprint density at radius 2 is 2.05 bits per heavy atom. The van der Waals surface area contributed by atoms with Gasteiger partial charge in [0.25, 0.3) is 0 Å². The summed E-state index contributed by atoms with van der Waals surface area (Å²) in [5.74, 6) is 1.55. The van der Waals surface area contributed by atoms with Crippen LogP contribution in [0.2, 0.25) is 0 Å². The first-order valence-electron chi connectivity index (χ1n) is 7.45. The minimum Gasteiger partial charge on any atom is -0.467 e. The van der Waals surface area contributed by atoms with Gasteiger partial charge >= 0.3 is 5.97 Å². The highest BCUT2D eigenvalue weighted by atomic mass is 16.5. The molecule has 1 fully saturated rings. The van der Waals surface area contributed by atoms with Gasteiger partial charge in [0.15, 0.2) is 0 Å². The van der Waals surface area contributed by atoms with Gasteiger partial charge in [-0.15, -0.1) is 0 Å². The number of nitrogens with zero attached hydrogens (tertiary/aromatic N) is 2. The Morgan fingerprint density at radius 1 is 1.26 bits per heavy atom. The monoisotopic (exact) mass is 262 g/mol. The zero-order chi connectivity index (χ0) is 13.2. The molecule has 0 amide bonds. The van der Waals surface area contributed by atoms with Crippen molar-refractivity contribution in [2.24, 2.45) is 0 Å². The second-order valence-electron chi connectivity index (χ2n) is 5.74. The number of ether oxygens (including phenoxy) is 1. The maximum Gasteiger partial charge on any atom is 0.328 e. The van der Waals surface area contributed by atoms with Crippen molar-refractivity contribution < 1.29 is 9.53 Å². The molecule has 0 spiro atoms. The number of methoxy groups -OCH3 is 1. The van der Waals surface area contributed by atoms with Crippen molar-refractivity contribution in [1.29, 1.82) is 0 Å². The predicted molar refractivity (Wildman–Crippen MR) is 72.0 cm³/mol.